The van der Waals surface area contributed by atoms with Gasteiger partial charge in [-0.1, -0.05) is 6.92 Å². The van der Waals surface area contributed by atoms with Crippen molar-refractivity contribution < 1.29 is 15.3 Å². The van der Waals surface area contributed by atoms with Gasteiger partial charge in [-0.05, 0) is 19.9 Å². The Morgan fingerprint density at radius 1 is 1.38 bits per heavy atom. The van der Waals surface area contributed by atoms with Crippen molar-refractivity contribution >= 4 is 0 Å². The van der Waals surface area contributed by atoms with Gasteiger partial charge < -0.3 is 20.6 Å². The molecule has 5 nitrogen and oxygen atoms in total. The molecule has 4 atom stereocenters. The molecule has 0 bridgehead atoms. The third-order valence-electron chi connectivity index (χ3n) is 3.04. The van der Waals surface area contributed by atoms with Crippen LogP contribution in [0.1, 0.15) is 20.3 Å². The molecule has 0 radical (unpaired) electrons. The van der Waals surface area contributed by atoms with Gasteiger partial charge in [0.05, 0.1) is 18.3 Å². The Kier molecular flexibility index (Phi) is 5.64. The Morgan fingerprint density at radius 2 is 2.06 bits per heavy atom. The van der Waals surface area contributed by atoms with Crippen molar-refractivity contribution in [2.45, 2.75) is 44.6 Å². The minimum Gasteiger partial charge on any atom is -0.393 e. The SMILES string of the molecule is CCN[C@H]1CN(CC[C@@H](C)O)C[C@@H](O)[C@@H]1O. The maximum absolute atomic E-state index is 9.78. The van der Waals surface area contributed by atoms with E-state index in [1.165, 1.54) is 0 Å². The fourth-order valence-corrected chi connectivity index (χ4v) is 2.10. The summed E-state index contributed by atoms with van der Waals surface area (Å²) in [5, 5.41) is 31.9. The molecule has 0 saturated carbocycles. The largest absolute Gasteiger partial charge is 0.393 e. The molecule has 0 unspecified atom stereocenters. The lowest BCUT2D eigenvalue weighted by Gasteiger charge is -2.39. The van der Waals surface area contributed by atoms with Crippen molar-refractivity contribution in [2.24, 2.45) is 0 Å². The van der Waals surface area contributed by atoms with E-state index in [4.69, 9.17) is 0 Å². The van der Waals surface area contributed by atoms with Crippen LogP contribution in [0, 0.1) is 0 Å². The Hall–Kier alpha value is -0.200. The van der Waals surface area contributed by atoms with Gasteiger partial charge in [0.2, 0.25) is 0 Å². The first-order valence-corrected chi connectivity index (χ1v) is 6.04. The summed E-state index contributed by atoms with van der Waals surface area (Å²) in [4.78, 5) is 2.08. The van der Waals surface area contributed by atoms with Crippen molar-refractivity contribution in [1.29, 1.82) is 0 Å². The van der Waals surface area contributed by atoms with Gasteiger partial charge in [0.1, 0.15) is 0 Å². The maximum Gasteiger partial charge on any atom is 0.0976 e. The van der Waals surface area contributed by atoms with Gasteiger partial charge in [-0.25, -0.2) is 0 Å². The number of piperidine rings is 1. The molecular weight excluding hydrogens is 208 g/mol. The number of rotatable bonds is 5. The molecule has 0 spiro atoms. The molecule has 5 heteroatoms. The molecule has 0 aromatic heterocycles. The minimum atomic E-state index is -0.702. The van der Waals surface area contributed by atoms with E-state index in [9.17, 15) is 15.3 Å². The first kappa shape index (κ1) is 13.9. The summed E-state index contributed by atoms with van der Waals surface area (Å²) in [6, 6.07) is -0.0808. The second-order valence-corrected chi connectivity index (χ2v) is 4.62. The van der Waals surface area contributed by atoms with Crippen molar-refractivity contribution in [1.82, 2.24) is 10.2 Å². The number of hydrogen-bond donors (Lipinski definition) is 4. The summed E-state index contributed by atoms with van der Waals surface area (Å²) in [5.74, 6) is 0. The molecule has 0 aliphatic carbocycles. The number of nitrogens with zero attached hydrogens (tertiary/aromatic N) is 1. The molecule has 16 heavy (non-hydrogen) atoms. The van der Waals surface area contributed by atoms with Crippen LogP contribution in [0.3, 0.4) is 0 Å². The lowest BCUT2D eigenvalue weighted by atomic mass is 9.99. The zero-order valence-electron chi connectivity index (χ0n) is 10.1. The highest BCUT2D eigenvalue weighted by atomic mass is 16.3. The molecular formula is C11H24N2O3. The second-order valence-electron chi connectivity index (χ2n) is 4.62. The molecule has 0 aromatic rings. The predicted octanol–water partition coefficient (Wildman–Crippen LogP) is -1.23. The Balaban J connectivity index is 2.43. The summed E-state index contributed by atoms with van der Waals surface area (Å²) >= 11 is 0. The monoisotopic (exact) mass is 232 g/mol. The first-order valence-electron chi connectivity index (χ1n) is 6.04. The Morgan fingerprint density at radius 3 is 2.62 bits per heavy atom. The number of aliphatic hydroxyl groups excluding tert-OH is 3. The average Bonchev–Trinajstić information content (AvgIpc) is 2.22. The molecule has 1 fully saturated rings. The summed E-state index contributed by atoms with van der Waals surface area (Å²) in [6.45, 7) is 6.47. The highest BCUT2D eigenvalue weighted by Crippen LogP contribution is 2.12. The van der Waals surface area contributed by atoms with Crippen LogP contribution in [0.5, 0.6) is 0 Å². The summed E-state index contributed by atoms with van der Waals surface area (Å²) in [5.41, 5.74) is 0. The quantitative estimate of drug-likeness (QED) is 0.478. The van der Waals surface area contributed by atoms with Gasteiger partial charge in [0.15, 0.2) is 0 Å². The number of likely N-dealkylation sites (tertiary alicyclic amines) is 1. The van der Waals surface area contributed by atoms with Gasteiger partial charge >= 0.3 is 0 Å². The average molecular weight is 232 g/mol. The van der Waals surface area contributed by atoms with Crippen LogP contribution >= 0.6 is 0 Å². The van der Waals surface area contributed by atoms with E-state index in [1.807, 2.05) is 6.92 Å². The highest BCUT2D eigenvalue weighted by Gasteiger charge is 2.33. The number of aliphatic hydroxyl groups is 3. The molecule has 1 aliphatic heterocycles. The molecule has 1 aliphatic rings. The van der Waals surface area contributed by atoms with Crippen LogP contribution < -0.4 is 5.32 Å². The zero-order chi connectivity index (χ0) is 12.1. The molecule has 4 N–H and O–H groups in total. The van der Waals surface area contributed by atoms with Gasteiger partial charge in [0.25, 0.3) is 0 Å². The van der Waals surface area contributed by atoms with Crippen molar-refractivity contribution in [3.8, 4) is 0 Å². The fourth-order valence-electron chi connectivity index (χ4n) is 2.10. The molecule has 1 rings (SSSR count). The number of β-amino-alcohol motifs (C(OH)–C–C–N with tert-alkyl or cyclic N) is 1. The van der Waals surface area contributed by atoms with Gasteiger partial charge in [-0.3, -0.25) is 4.90 Å². The summed E-state index contributed by atoms with van der Waals surface area (Å²) in [6.07, 6.45) is -1.02. The van der Waals surface area contributed by atoms with E-state index in [0.717, 1.165) is 19.6 Å². The van der Waals surface area contributed by atoms with E-state index in [2.05, 4.69) is 10.2 Å². The van der Waals surface area contributed by atoms with Crippen LogP contribution in [0.2, 0.25) is 0 Å². The summed E-state index contributed by atoms with van der Waals surface area (Å²) < 4.78 is 0. The number of likely N-dealkylation sites (N-methyl/N-ethyl adjacent to an activating group) is 1. The third-order valence-corrected chi connectivity index (χ3v) is 3.04. The van der Waals surface area contributed by atoms with E-state index in [-0.39, 0.29) is 12.1 Å². The normalized spacial score (nSPS) is 33.9. The maximum atomic E-state index is 9.78. The summed E-state index contributed by atoms with van der Waals surface area (Å²) in [7, 11) is 0. The second kappa shape index (κ2) is 6.51. The van der Waals surface area contributed by atoms with Gasteiger partial charge in [-0.15, -0.1) is 0 Å². The Bertz CT molecular complexity index is 202. The molecule has 96 valence electrons. The Labute approximate surface area is 97.1 Å². The van der Waals surface area contributed by atoms with E-state index >= 15 is 0 Å². The van der Waals surface area contributed by atoms with Crippen LogP contribution in [0.25, 0.3) is 0 Å². The van der Waals surface area contributed by atoms with Crippen molar-refractivity contribution in [2.75, 3.05) is 26.2 Å². The van der Waals surface area contributed by atoms with Gasteiger partial charge in [0, 0.05) is 25.7 Å². The van der Waals surface area contributed by atoms with E-state index < -0.39 is 12.2 Å². The topological polar surface area (TPSA) is 76.0 Å². The molecule has 1 heterocycles. The minimum absolute atomic E-state index is 0.0808. The van der Waals surface area contributed by atoms with Crippen molar-refractivity contribution in [3.63, 3.8) is 0 Å². The smallest absolute Gasteiger partial charge is 0.0976 e. The lowest BCUT2D eigenvalue weighted by molar-refractivity contribution is -0.0597. The fraction of sp³-hybridized carbons (Fsp3) is 1.00. The first-order chi connectivity index (χ1) is 7.54. The third kappa shape index (κ3) is 3.99. The van der Waals surface area contributed by atoms with Crippen molar-refractivity contribution in [3.05, 3.63) is 0 Å². The van der Waals surface area contributed by atoms with Gasteiger partial charge in [-0.2, -0.15) is 0 Å². The lowest BCUT2D eigenvalue weighted by Crippen LogP contribution is -2.60. The zero-order valence-corrected chi connectivity index (χ0v) is 10.1. The van der Waals surface area contributed by atoms with Crippen LogP contribution in [-0.4, -0.2) is 70.8 Å². The number of nitrogens with one attached hydrogen (secondary N) is 1. The molecule has 0 amide bonds. The van der Waals surface area contributed by atoms with E-state index in [0.29, 0.717) is 13.0 Å². The van der Waals surface area contributed by atoms with E-state index in [1.54, 1.807) is 6.92 Å². The van der Waals surface area contributed by atoms with Crippen LogP contribution in [-0.2, 0) is 0 Å². The number of hydrogen-bond acceptors (Lipinski definition) is 5. The van der Waals surface area contributed by atoms with Crippen LogP contribution in [0.4, 0.5) is 0 Å². The molecule has 1 saturated heterocycles. The highest BCUT2D eigenvalue weighted by molar-refractivity contribution is 4.90. The molecule has 0 aromatic carbocycles. The standard InChI is InChI=1S/C11H24N2O3/c1-3-12-9-6-13(5-4-8(2)14)7-10(15)11(9)16/h8-12,14-16H,3-7H2,1-2H3/t8-,9+,10-,11-/m1/s1. The van der Waals surface area contributed by atoms with Crippen LogP contribution in [0.15, 0.2) is 0 Å². The predicted molar refractivity (Wildman–Crippen MR) is 62.2 cm³/mol.